The Morgan fingerprint density at radius 3 is 2.14 bits per heavy atom. The summed E-state index contributed by atoms with van der Waals surface area (Å²) in [5.74, 6) is 0. The lowest BCUT2D eigenvalue weighted by molar-refractivity contribution is -0.533. The molecule has 1 aliphatic rings. The largest absolute Gasteiger partial charge is 0.264 e. The van der Waals surface area contributed by atoms with Gasteiger partial charge >= 0.3 is 0 Å². The van der Waals surface area contributed by atoms with Crippen molar-refractivity contribution in [2.45, 2.75) is 25.3 Å². The van der Waals surface area contributed by atoms with Crippen molar-refractivity contribution in [3.05, 3.63) is 10.1 Å². The van der Waals surface area contributed by atoms with Crippen LogP contribution in [0.2, 0.25) is 0 Å². The minimum absolute atomic E-state index is 0.201. The Morgan fingerprint density at radius 2 is 2.14 bits per heavy atom. The van der Waals surface area contributed by atoms with Gasteiger partial charge in [0, 0.05) is 24.7 Å². The fourth-order valence-electron chi connectivity index (χ4n) is 0.363. The van der Waals surface area contributed by atoms with E-state index in [4.69, 9.17) is 0 Å². The van der Waals surface area contributed by atoms with Gasteiger partial charge in [-0.3, -0.25) is 10.1 Å². The molecule has 0 amide bonds. The van der Waals surface area contributed by atoms with Crippen molar-refractivity contribution in [1.82, 2.24) is 0 Å². The summed E-state index contributed by atoms with van der Waals surface area (Å²) in [6.45, 7) is 1.67. The van der Waals surface area contributed by atoms with Crippen LogP contribution in [0.4, 0.5) is 0 Å². The highest BCUT2D eigenvalue weighted by Gasteiger charge is 2.50. The van der Waals surface area contributed by atoms with Crippen LogP contribution < -0.4 is 0 Å². The normalized spacial score (nSPS) is 24.1. The third-order valence-electron chi connectivity index (χ3n) is 1.41. The molecular formula is C4H7NO2. The van der Waals surface area contributed by atoms with E-state index in [9.17, 15) is 10.1 Å². The van der Waals surface area contributed by atoms with Crippen LogP contribution in [0.5, 0.6) is 0 Å². The Morgan fingerprint density at radius 1 is 1.71 bits per heavy atom. The van der Waals surface area contributed by atoms with Gasteiger partial charge in [-0.25, -0.2) is 0 Å². The van der Waals surface area contributed by atoms with Gasteiger partial charge in [0.05, 0.1) is 0 Å². The number of nitro groups is 1. The van der Waals surface area contributed by atoms with Crippen molar-refractivity contribution < 1.29 is 4.92 Å². The fraction of sp³-hybridized carbons (Fsp3) is 1.00. The number of nitrogens with zero attached hydrogens (tertiary/aromatic N) is 1. The SMILES string of the molecule is CC1([N+](=O)[O-])CC1. The van der Waals surface area contributed by atoms with E-state index in [1.165, 1.54) is 0 Å². The highest BCUT2D eigenvalue weighted by molar-refractivity contribution is 4.88. The summed E-state index contributed by atoms with van der Waals surface area (Å²) >= 11 is 0. The summed E-state index contributed by atoms with van der Waals surface area (Å²) in [6, 6.07) is 0. The first kappa shape index (κ1) is 4.56. The summed E-state index contributed by atoms with van der Waals surface area (Å²) < 4.78 is 0. The third-order valence-corrected chi connectivity index (χ3v) is 1.41. The summed E-state index contributed by atoms with van der Waals surface area (Å²) in [6.07, 6.45) is 1.53. The molecule has 0 spiro atoms. The van der Waals surface area contributed by atoms with Crippen LogP contribution >= 0.6 is 0 Å². The highest BCUT2D eigenvalue weighted by atomic mass is 16.6. The molecule has 1 aliphatic carbocycles. The monoisotopic (exact) mass is 101 g/mol. The maximum Gasteiger partial charge on any atom is 0.220 e. The van der Waals surface area contributed by atoms with Crippen molar-refractivity contribution in [2.75, 3.05) is 0 Å². The van der Waals surface area contributed by atoms with Crippen molar-refractivity contribution in [1.29, 1.82) is 0 Å². The summed E-state index contributed by atoms with van der Waals surface area (Å²) in [4.78, 5) is 9.69. The molecule has 0 radical (unpaired) electrons. The van der Waals surface area contributed by atoms with E-state index in [2.05, 4.69) is 0 Å². The maximum atomic E-state index is 9.89. The van der Waals surface area contributed by atoms with Gasteiger partial charge in [-0.1, -0.05) is 0 Å². The van der Waals surface area contributed by atoms with Gasteiger partial charge < -0.3 is 0 Å². The predicted molar refractivity (Wildman–Crippen MR) is 24.6 cm³/mol. The molecule has 7 heavy (non-hydrogen) atoms. The van der Waals surface area contributed by atoms with Crippen LogP contribution in [0.1, 0.15) is 19.8 Å². The Balaban J connectivity index is 2.55. The van der Waals surface area contributed by atoms with Crippen molar-refractivity contribution in [3.8, 4) is 0 Å². The molecule has 0 aromatic rings. The van der Waals surface area contributed by atoms with E-state index in [0.29, 0.717) is 0 Å². The van der Waals surface area contributed by atoms with Crippen LogP contribution in [0.15, 0.2) is 0 Å². The molecule has 40 valence electrons. The molecule has 1 fully saturated rings. The van der Waals surface area contributed by atoms with Crippen molar-refractivity contribution in [3.63, 3.8) is 0 Å². The van der Waals surface area contributed by atoms with E-state index < -0.39 is 5.54 Å². The smallest absolute Gasteiger partial charge is 0.220 e. The molecule has 3 nitrogen and oxygen atoms in total. The molecule has 0 aromatic carbocycles. The van der Waals surface area contributed by atoms with Crippen molar-refractivity contribution in [2.24, 2.45) is 0 Å². The van der Waals surface area contributed by atoms with Crippen LogP contribution in [-0.4, -0.2) is 10.5 Å². The van der Waals surface area contributed by atoms with Gasteiger partial charge in [0.15, 0.2) is 0 Å². The molecule has 0 unspecified atom stereocenters. The second-order valence-corrected chi connectivity index (χ2v) is 2.25. The minimum Gasteiger partial charge on any atom is -0.264 e. The molecule has 1 saturated carbocycles. The second kappa shape index (κ2) is 0.967. The molecular weight excluding hydrogens is 94.0 g/mol. The quantitative estimate of drug-likeness (QED) is 0.362. The van der Waals surface area contributed by atoms with Crippen LogP contribution in [0, 0.1) is 10.1 Å². The van der Waals surface area contributed by atoms with Gasteiger partial charge in [0.1, 0.15) is 0 Å². The molecule has 0 aromatic heterocycles. The summed E-state index contributed by atoms with van der Waals surface area (Å²) in [5, 5.41) is 9.89. The second-order valence-electron chi connectivity index (χ2n) is 2.25. The zero-order valence-electron chi connectivity index (χ0n) is 4.18. The van der Waals surface area contributed by atoms with Crippen LogP contribution in [-0.2, 0) is 0 Å². The third kappa shape index (κ3) is 0.577. The maximum absolute atomic E-state index is 9.89. The van der Waals surface area contributed by atoms with E-state index in [1.807, 2.05) is 0 Å². The lowest BCUT2D eigenvalue weighted by atomic mass is 10.4. The molecule has 0 N–H and O–H groups in total. The zero-order valence-corrected chi connectivity index (χ0v) is 4.18. The Kier molecular flexibility index (Phi) is 0.629. The fourth-order valence-corrected chi connectivity index (χ4v) is 0.363. The first-order valence-electron chi connectivity index (χ1n) is 2.30. The van der Waals surface area contributed by atoms with E-state index >= 15 is 0 Å². The van der Waals surface area contributed by atoms with Gasteiger partial charge in [-0.15, -0.1) is 0 Å². The van der Waals surface area contributed by atoms with Crippen LogP contribution in [0.25, 0.3) is 0 Å². The molecule has 0 heterocycles. The lowest BCUT2D eigenvalue weighted by Gasteiger charge is -1.93. The molecule has 3 heteroatoms. The summed E-state index contributed by atoms with van der Waals surface area (Å²) in [7, 11) is 0. The number of rotatable bonds is 1. The van der Waals surface area contributed by atoms with Gasteiger partial charge in [-0.05, 0) is 0 Å². The topological polar surface area (TPSA) is 43.1 Å². The van der Waals surface area contributed by atoms with E-state index in [-0.39, 0.29) is 4.92 Å². The Hall–Kier alpha value is -0.600. The number of hydrogen-bond donors (Lipinski definition) is 0. The summed E-state index contributed by atoms with van der Waals surface area (Å²) in [5.41, 5.74) is -0.528. The van der Waals surface area contributed by atoms with Gasteiger partial charge in [0.25, 0.3) is 0 Å². The Bertz CT molecular complexity index is 106. The molecule has 1 rings (SSSR count). The zero-order chi connectivity index (χ0) is 5.49. The van der Waals surface area contributed by atoms with Crippen LogP contribution in [0.3, 0.4) is 0 Å². The van der Waals surface area contributed by atoms with Gasteiger partial charge in [-0.2, -0.15) is 0 Å². The molecule has 0 bridgehead atoms. The first-order valence-corrected chi connectivity index (χ1v) is 2.30. The number of hydrogen-bond acceptors (Lipinski definition) is 2. The predicted octanol–water partition coefficient (Wildman–Crippen LogP) is 0.816. The lowest BCUT2D eigenvalue weighted by Crippen LogP contribution is -2.14. The Labute approximate surface area is 41.5 Å². The van der Waals surface area contributed by atoms with E-state index in [1.54, 1.807) is 6.92 Å². The molecule has 0 atom stereocenters. The minimum atomic E-state index is -0.528. The highest BCUT2D eigenvalue weighted by Crippen LogP contribution is 2.37. The molecule has 0 aliphatic heterocycles. The standard InChI is InChI=1S/C4H7NO2/c1-4(2-3-4)5(6)7/h2-3H2,1H3. The van der Waals surface area contributed by atoms with E-state index in [0.717, 1.165) is 12.8 Å². The first-order chi connectivity index (χ1) is 3.15. The van der Waals surface area contributed by atoms with Gasteiger partial charge in [0.2, 0.25) is 5.54 Å². The van der Waals surface area contributed by atoms with Crippen molar-refractivity contribution >= 4 is 0 Å². The average molecular weight is 101 g/mol. The average Bonchev–Trinajstić information content (AvgIpc) is 2.21. The molecule has 0 saturated heterocycles.